The summed E-state index contributed by atoms with van der Waals surface area (Å²) in [5, 5.41) is 0. The molecule has 1 saturated heterocycles. The van der Waals surface area contributed by atoms with E-state index in [1.807, 2.05) is 6.07 Å². The van der Waals surface area contributed by atoms with E-state index in [1.54, 1.807) is 6.07 Å². The molecule has 0 bridgehead atoms. The van der Waals surface area contributed by atoms with Crippen molar-refractivity contribution < 1.29 is 4.39 Å². The van der Waals surface area contributed by atoms with Crippen molar-refractivity contribution in [1.29, 1.82) is 0 Å². The number of hydrogen-bond donors (Lipinski definition) is 0. The van der Waals surface area contributed by atoms with Gasteiger partial charge in [0.05, 0.1) is 0 Å². The predicted molar refractivity (Wildman–Crippen MR) is 82.0 cm³/mol. The van der Waals surface area contributed by atoms with E-state index >= 15 is 0 Å². The van der Waals surface area contributed by atoms with Crippen LogP contribution in [0.5, 0.6) is 0 Å². The molecule has 1 aliphatic heterocycles. The van der Waals surface area contributed by atoms with Crippen LogP contribution < -0.4 is 4.90 Å². The molecular weight excluding hydrogens is 275 g/mol. The SMILES string of the molecule is Fc1cc(CCl)cc(N2CCN(C3CCCC3)CC2)c1. The molecule has 1 saturated carbocycles. The van der Waals surface area contributed by atoms with Gasteiger partial charge in [0.1, 0.15) is 5.82 Å². The fourth-order valence-corrected chi connectivity index (χ4v) is 3.66. The van der Waals surface area contributed by atoms with Gasteiger partial charge in [-0.25, -0.2) is 4.39 Å². The first-order valence-corrected chi connectivity index (χ1v) is 8.14. The van der Waals surface area contributed by atoms with Gasteiger partial charge in [0.15, 0.2) is 0 Å². The highest BCUT2D eigenvalue weighted by Gasteiger charge is 2.26. The molecule has 0 radical (unpaired) electrons. The molecule has 1 heterocycles. The average molecular weight is 297 g/mol. The highest BCUT2D eigenvalue weighted by molar-refractivity contribution is 6.17. The lowest BCUT2D eigenvalue weighted by atomic mass is 10.1. The smallest absolute Gasteiger partial charge is 0.125 e. The number of benzene rings is 1. The number of anilines is 1. The van der Waals surface area contributed by atoms with Gasteiger partial charge in [0, 0.05) is 43.8 Å². The van der Waals surface area contributed by atoms with Crippen molar-refractivity contribution in [2.24, 2.45) is 0 Å². The van der Waals surface area contributed by atoms with Gasteiger partial charge in [-0.1, -0.05) is 12.8 Å². The fourth-order valence-electron chi connectivity index (χ4n) is 3.51. The van der Waals surface area contributed by atoms with Crippen LogP contribution in [0.25, 0.3) is 0 Å². The molecule has 1 aromatic carbocycles. The van der Waals surface area contributed by atoms with E-state index in [0.29, 0.717) is 5.88 Å². The van der Waals surface area contributed by atoms with Crippen LogP contribution in [0.3, 0.4) is 0 Å². The zero-order valence-corrected chi connectivity index (χ0v) is 12.6. The summed E-state index contributed by atoms with van der Waals surface area (Å²) in [7, 11) is 0. The van der Waals surface area contributed by atoms with E-state index in [2.05, 4.69) is 9.80 Å². The Bertz CT molecular complexity index is 452. The highest BCUT2D eigenvalue weighted by Crippen LogP contribution is 2.26. The third-order valence-corrected chi connectivity index (χ3v) is 4.93. The van der Waals surface area contributed by atoms with Crippen LogP contribution >= 0.6 is 11.6 Å². The van der Waals surface area contributed by atoms with Crippen molar-refractivity contribution in [2.45, 2.75) is 37.6 Å². The molecule has 3 rings (SSSR count). The van der Waals surface area contributed by atoms with Crippen LogP contribution in [0.1, 0.15) is 31.2 Å². The van der Waals surface area contributed by atoms with E-state index in [-0.39, 0.29) is 5.82 Å². The Kier molecular flexibility index (Phi) is 4.47. The Morgan fingerprint density at radius 3 is 2.40 bits per heavy atom. The van der Waals surface area contributed by atoms with Gasteiger partial charge in [-0.05, 0) is 36.6 Å². The molecule has 2 aliphatic rings. The number of halogens is 2. The maximum absolute atomic E-state index is 13.6. The summed E-state index contributed by atoms with van der Waals surface area (Å²) in [6.45, 7) is 4.16. The first-order valence-electron chi connectivity index (χ1n) is 7.61. The van der Waals surface area contributed by atoms with Crippen LogP contribution in [-0.2, 0) is 5.88 Å². The number of hydrogen-bond acceptors (Lipinski definition) is 2. The van der Waals surface area contributed by atoms with Crippen molar-refractivity contribution in [1.82, 2.24) is 4.90 Å². The van der Waals surface area contributed by atoms with Crippen LogP contribution in [0, 0.1) is 5.82 Å². The molecule has 4 heteroatoms. The van der Waals surface area contributed by atoms with E-state index in [9.17, 15) is 4.39 Å². The lowest BCUT2D eigenvalue weighted by Gasteiger charge is -2.39. The minimum absolute atomic E-state index is 0.184. The fraction of sp³-hybridized carbons (Fsp3) is 0.625. The maximum atomic E-state index is 13.6. The van der Waals surface area contributed by atoms with Gasteiger partial charge in [-0.2, -0.15) is 0 Å². The van der Waals surface area contributed by atoms with E-state index in [1.165, 1.54) is 31.7 Å². The van der Waals surface area contributed by atoms with Gasteiger partial charge < -0.3 is 4.90 Å². The summed E-state index contributed by atoms with van der Waals surface area (Å²) >= 11 is 5.83. The molecule has 1 aromatic rings. The van der Waals surface area contributed by atoms with Crippen LogP contribution in [-0.4, -0.2) is 37.1 Å². The number of alkyl halides is 1. The number of rotatable bonds is 3. The van der Waals surface area contributed by atoms with Gasteiger partial charge in [-0.15, -0.1) is 11.6 Å². The molecule has 2 nitrogen and oxygen atoms in total. The second kappa shape index (κ2) is 6.31. The third kappa shape index (κ3) is 3.09. The Labute approximate surface area is 125 Å². The quantitative estimate of drug-likeness (QED) is 0.786. The molecule has 0 unspecified atom stereocenters. The average Bonchev–Trinajstić information content (AvgIpc) is 3.01. The molecule has 0 N–H and O–H groups in total. The van der Waals surface area contributed by atoms with Crippen molar-refractivity contribution in [3.63, 3.8) is 0 Å². The normalized spacial score (nSPS) is 21.6. The van der Waals surface area contributed by atoms with E-state index in [4.69, 9.17) is 11.6 Å². The van der Waals surface area contributed by atoms with Gasteiger partial charge >= 0.3 is 0 Å². The molecule has 20 heavy (non-hydrogen) atoms. The third-order valence-electron chi connectivity index (χ3n) is 4.62. The molecule has 0 aromatic heterocycles. The summed E-state index contributed by atoms with van der Waals surface area (Å²) < 4.78 is 13.6. The second-order valence-corrected chi connectivity index (χ2v) is 6.18. The first-order chi connectivity index (χ1) is 9.76. The maximum Gasteiger partial charge on any atom is 0.125 e. The minimum atomic E-state index is -0.184. The molecule has 110 valence electrons. The zero-order chi connectivity index (χ0) is 13.9. The summed E-state index contributed by atoms with van der Waals surface area (Å²) in [6, 6.07) is 5.96. The van der Waals surface area contributed by atoms with E-state index < -0.39 is 0 Å². The standard InChI is InChI=1S/C16H22ClFN2/c17-12-13-9-14(18)11-16(10-13)20-7-5-19(6-8-20)15-3-1-2-4-15/h9-11,15H,1-8,12H2. The Morgan fingerprint density at radius 2 is 1.75 bits per heavy atom. The molecule has 2 fully saturated rings. The Balaban J connectivity index is 1.64. The topological polar surface area (TPSA) is 6.48 Å². The molecule has 0 spiro atoms. The minimum Gasteiger partial charge on any atom is -0.369 e. The highest BCUT2D eigenvalue weighted by atomic mass is 35.5. The van der Waals surface area contributed by atoms with Crippen molar-refractivity contribution in [2.75, 3.05) is 31.1 Å². The Hall–Kier alpha value is -0.800. The predicted octanol–water partition coefficient (Wildman–Crippen LogP) is 3.63. The van der Waals surface area contributed by atoms with E-state index in [0.717, 1.165) is 43.5 Å². The molecule has 1 aliphatic carbocycles. The first kappa shape index (κ1) is 14.2. The summed E-state index contributed by atoms with van der Waals surface area (Å²) in [5.41, 5.74) is 1.84. The lowest BCUT2D eigenvalue weighted by molar-refractivity contribution is 0.187. The molecular formula is C16H22ClFN2. The lowest BCUT2D eigenvalue weighted by Crippen LogP contribution is -2.49. The summed E-state index contributed by atoms with van der Waals surface area (Å²) in [4.78, 5) is 4.90. The van der Waals surface area contributed by atoms with Crippen molar-refractivity contribution >= 4 is 17.3 Å². The van der Waals surface area contributed by atoms with Crippen molar-refractivity contribution in [3.05, 3.63) is 29.6 Å². The number of nitrogens with zero attached hydrogens (tertiary/aromatic N) is 2. The second-order valence-electron chi connectivity index (χ2n) is 5.91. The Morgan fingerprint density at radius 1 is 1.05 bits per heavy atom. The van der Waals surface area contributed by atoms with Crippen molar-refractivity contribution in [3.8, 4) is 0 Å². The molecule has 0 atom stereocenters. The zero-order valence-electron chi connectivity index (χ0n) is 11.8. The van der Waals surface area contributed by atoms with Crippen LogP contribution in [0.4, 0.5) is 10.1 Å². The van der Waals surface area contributed by atoms with Gasteiger partial charge in [0.2, 0.25) is 0 Å². The van der Waals surface area contributed by atoms with Gasteiger partial charge in [-0.3, -0.25) is 4.90 Å². The summed E-state index contributed by atoms with van der Waals surface area (Å²) in [6.07, 6.45) is 5.48. The monoisotopic (exact) mass is 296 g/mol. The van der Waals surface area contributed by atoms with Crippen LogP contribution in [0.15, 0.2) is 18.2 Å². The number of piperazine rings is 1. The summed E-state index contributed by atoms with van der Waals surface area (Å²) in [5.74, 6) is 0.184. The largest absolute Gasteiger partial charge is 0.369 e. The van der Waals surface area contributed by atoms with Crippen LogP contribution in [0.2, 0.25) is 0 Å². The molecule has 0 amide bonds. The van der Waals surface area contributed by atoms with Gasteiger partial charge in [0.25, 0.3) is 0 Å².